The lowest BCUT2D eigenvalue weighted by molar-refractivity contribution is -0.128. The Bertz CT molecular complexity index is 930. The minimum Gasteiger partial charge on any atom is -0.376 e. The molecule has 9 nitrogen and oxygen atoms in total. The average molecular weight is 461 g/mol. The summed E-state index contributed by atoms with van der Waals surface area (Å²) in [6.45, 7) is 6.73. The van der Waals surface area contributed by atoms with E-state index in [0.29, 0.717) is 47.0 Å². The van der Waals surface area contributed by atoms with Gasteiger partial charge in [0.05, 0.1) is 41.9 Å². The number of morpholine rings is 1. The van der Waals surface area contributed by atoms with Gasteiger partial charge in [0.1, 0.15) is 17.7 Å². The average Bonchev–Trinajstić information content (AvgIpc) is 2.79. The molecule has 2 fully saturated rings. The highest BCUT2D eigenvalue weighted by molar-refractivity contribution is 6.33. The van der Waals surface area contributed by atoms with Crippen molar-refractivity contribution in [2.45, 2.75) is 45.0 Å². The second-order valence-corrected chi connectivity index (χ2v) is 8.77. The molecule has 3 unspecified atom stereocenters. The third-order valence-corrected chi connectivity index (χ3v) is 5.91. The summed E-state index contributed by atoms with van der Waals surface area (Å²) in [7, 11) is 0. The standard InChI is InChI=1S/C22H29ClN6O3/c1-13-5-15(6-14(2)32-13)8-26-21-12-25-10-18(28-21)16-7-20(27-9-17(16)23)29-22(30)19-11-24-3-4-31-19/h7,9-10,12-15,19,24H,3-6,8,11H2,1-2H3,(H,26,28)(H,27,29,30). The minimum absolute atomic E-state index is 0.251. The van der Waals surface area contributed by atoms with E-state index in [9.17, 15) is 4.79 Å². The van der Waals surface area contributed by atoms with Gasteiger partial charge in [-0.25, -0.2) is 9.97 Å². The topological polar surface area (TPSA) is 110 Å². The first-order chi connectivity index (χ1) is 15.5. The van der Waals surface area contributed by atoms with Crippen LogP contribution in [0.25, 0.3) is 11.3 Å². The van der Waals surface area contributed by atoms with Crippen LogP contribution < -0.4 is 16.0 Å². The van der Waals surface area contributed by atoms with Gasteiger partial charge in [-0.05, 0) is 38.7 Å². The Balaban J connectivity index is 1.43. The fourth-order valence-electron chi connectivity index (χ4n) is 4.18. The third-order valence-electron chi connectivity index (χ3n) is 5.60. The first kappa shape index (κ1) is 22.8. The second kappa shape index (κ2) is 10.5. The van der Waals surface area contributed by atoms with Gasteiger partial charge < -0.3 is 25.4 Å². The molecule has 1 amide bonds. The third kappa shape index (κ3) is 5.92. The molecule has 0 bridgehead atoms. The number of pyridine rings is 1. The van der Waals surface area contributed by atoms with Gasteiger partial charge in [0.15, 0.2) is 0 Å². The fraction of sp³-hybridized carbons (Fsp3) is 0.545. The fourth-order valence-corrected chi connectivity index (χ4v) is 4.38. The van der Waals surface area contributed by atoms with Crippen LogP contribution in [-0.2, 0) is 14.3 Å². The van der Waals surface area contributed by atoms with E-state index in [4.69, 9.17) is 21.1 Å². The predicted octanol–water partition coefficient (Wildman–Crippen LogP) is 2.73. The van der Waals surface area contributed by atoms with Crippen LogP contribution in [0.3, 0.4) is 0 Å². The van der Waals surface area contributed by atoms with E-state index >= 15 is 0 Å². The Kier molecular flexibility index (Phi) is 7.51. The Hall–Kier alpha value is -2.33. The lowest BCUT2D eigenvalue weighted by atomic mass is 9.92. The van der Waals surface area contributed by atoms with Crippen molar-refractivity contribution in [2.24, 2.45) is 5.92 Å². The largest absolute Gasteiger partial charge is 0.376 e. The zero-order chi connectivity index (χ0) is 22.5. The highest BCUT2D eigenvalue weighted by Crippen LogP contribution is 2.29. The van der Waals surface area contributed by atoms with E-state index in [0.717, 1.165) is 25.9 Å². The van der Waals surface area contributed by atoms with Crippen molar-refractivity contribution in [3.05, 3.63) is 29.7 Å². The maximum atomic E-state index is 12.4. The molecule has 10 heteroatoms. The summed E-state index contributed by atoms with van der Waals surface area (Å²) in [5, 5.41) is 9.75. The van der Waals surface area contributed by atoms with Gasteiger partial charge in [0.25, 0.3) is 5.91 Å². The molecule has 2 saturated heterocycles. The van der Waals surface area contributed by atoms with E-state index in [1.54, 1.807) is 18.5 Å². The molecular formula is C22H29ClN6O3. The molecule has 0 aliphatic carbocycles. The van der Waals surface area contributed by atoms with Gasteiger partial charge >= 0.3 is 0 Å². The number of ether oxygens (including phenoxy) is 2. The number of aromatic nitrogens is 3. The van der Waals surface area contributed by atoms with Gasteiger partial charge in [0.2, 0.25) is 0 Å². The molecule has 2 aromatic heterocycles. The molecule has 4 heterocycles. The molecule has 4 rings (SSSR count). The van der Waals surface area contributed by atoms with Crippen LogP contribution in [0.2, 0.25) is 5.02 Å². The Morgan fingerprint density at radius 1 is 1.22 bits per heavy atom. The summed E-state index contributed by atoms with van der Waals surface area (Å²) in [5.74, 6) is 1.32. The van der Waals surface area contributed by atoms with Crippen LogP contribution in [0.15, 0.2) is 24.7 Å². The molecule has 0 aromatic carbocycles. The SMILES string of the molecule is CC1CC(CNc2cncc(-c3cc(NC(=O)C4CNCCO4)ncc3Cl)n2)CC(C)O1. The first-order valence-electron chi connectivity index (χ1n) is 11.0. The lowest BCUT2D eigenvalue weighted by Crippen LogP contribution is -2.45. The summed E-state index contributed by atoms with van der Waals surface area (Å²) in [5.41, 5.74) is 1.24. The summed E-state index contributed by atoms with van der Waals surface area (Å²) >= 11 is 6.39. The van der Waals surface area contributed by atoms with E-state index in [2.05, 4.69) is 44.7 Å². The number of carbonyl (C=O) groups is 1. The van der Waals surface area contributed by atoms with Crippen molar-refractivity contribution < 1.29 is 14.3 Å². The maximum absolute atomic E-state index is 12.4. The number of nitrogens with zero attached hydrogens (tertiary/aromatic N) is 3. The quantitative estimate of drug-likeness (QED) is 0.603. The number of hydrogen-bond acceptors (Lipinski definition) is 8. The zero-order valence-electron chi connectivity index (χ0n) is 18.3. The number of anilines is 2. The van der Waals surface area contributed by atoms with Crippen LogP contribution in [0, 0.1) is 5.92 Å². The second-order valence-electron chi connectivity index (χ2n) is 8.37. The summed E-state index contributed by atoms with van der Waals surface area (Å²) in [6, 6.07) is 1.70. The van der Waals surface area contributed by atoms with Gasteiger partial charge in [-0.2, -0.15) is 0 Å². The van der Waals surface area contributed by atoms with Crippen molar-refractivity contribution in [1.29, 1.82) is 0 Å². The Morgan fingerprint density at radius 3 is 2.78 bits per heavy atom. The van der Waals surface area contributed by atoms with E-state index < -0.39 is 6.10 Å². The van der Waals surface area contributed by atoms with Gasteiger partial charge in [-0.3, -0.25) is 9.78 Å². The number of halogens is 1. The number of rotatable bonds is 6. The molecule has 32 heavy (non-hydrogen) atoms. The number of nitrogens with one attached hydrogen (secondary N) is 3. The van der Waals surface area contributed by atoms with Crippen molar-refractivity contribution in [3.63, 3.8) is 0 Å². The van der Waals surface area contributed by atoms with Crippen molar-refractivity contribution in [1.82, 2.24) is 20.3 Å². The molecule has 0 spiro atoms. The molecule has 2 aliphatic heterocycles. The van der Waals surface area contributed by atoms with E-state index in [-0.39, 0.29) is 18.1 Å². The molecule has 3 N–H and O–H groups in total. The molecule has 0 radical (unpaired) electrons. The van der Waals surface area contributed by atoms with Crippen LogP contribution in [-0.4, -0.2) is 65.4 Å². The molecule has 172 valence electrons. The van der Waals surface area contributed by atoms with Crippen molar-refractivity contribution >= 4 is 29.1 Å². The molecule has 3 atom stereocenters. The number of hydrogen-bond donors (Lipinski definition) is 3. The molecular weight excluding hydrogens is 432 g/mol. The first-order valence-corrected chi connectivity index (χ1v) is 11.4. The Labute approximate surface area is 192 Å². The summed E-state index contributed by atoms with van der Waals surface area (Å²) in [4.78, 5) is 25.6. The minimum atomic E-state index is -0.548. The maximum Gasteiger partial charge on any atom is 0.255 e. The van der Waals surface area contributed by atoms with Crippen LogP contribution in [0.5, 0.6) is 0 Å². The molecule has 2 aromatic rings. The predicted molar refractivity (Wildman–Crippen MR) is 123 cm³/mol. The van der Waals surface area contributed by atoms with Crippen LogP contribution in [0.1, 0.15) is 26.7 Å². The summed E-state index contributed by atoms with van der Waals surface area (Å²) in [6.07, 6.45) is 6.86. The zero-order valence-corrected chi connectivity index (χ0v) is 19.1. The Morgan fingerprint density at radius 2 is 2.03 bits per heavy atom. The van der Waals surface area contributed by atoms with Crippen LogP contribution >= 0.6 is 11.6 Å². The van der Waals surface area contributed by atoms with Gasteiger partial charge in [-0.15, -0.1) is 0 Å². The summed E-state index contributed by atoms with van der Waals surface area (Å²) < 4.78 is 11.3. The van der Waals surface area contributed by atoms with Crippen molar-refractivity contribution in [2.75, 3.05) is 36.9 Å². The molecule has 0 saturated carbocycles. The monoisotopic (exact) mass is 460 g/mol. The lowest BCUT2D eigenvalue weighted by Gasteiger charge is -2.32. The highest BCUT2D eigenvalue weighted by Gasteiger charge is 2.25. The highest BCUT2D eigenvalue weighted by atomic mass is 35.5. The van der Waals surface area contributed by atoms with E-state index in [1.807, 2.05) is 0 Å². The van der Waals surface area contributed by atoms with Gasteiger partial charge in [0, 0.05) is 31.4 Å². The van der Waals surface area contributed by atoms with Crippen molar-refractivity contribution in [3.8, 4) is 11.3 Å². The normalized spacial score (nSPS) is 25.8. The molecule has 2 aliphatic rings. The number of amides is 1. The van der Waals surface area contributed by atoms with E-state index in [1.165, 1.54) is 6.20 Å². The van der Waals surface area contributed by atoms with Gasteiger partial charge in [-0.1, -0.05) is 11.6 Å². The van der Waals surface area contributed by atoms with Crippen LogP contribution in [0.4, 0.5) is 11.6 Å². The smallest absolute Gasteiger partial charge is 0.255 e. The number of carbonyl (C=O) groups excluding carboxylic acids is 1.